The molecule has 7 nitrogen and oxygen atoms in total. The van der Waals surface area contributed by atoms with E-state index in [0.717, 1.165) is 27.2 Å². The summed E-state index contributed by atoms with van der Waals surface area (Å²) in [5.41, 5.74) is 1.32. The normalized spacial score (nSPS) is 24.4. The van der Waals surface area contributed by atoms with E-state index in [0.29, 0.717) is 13.0 Å². The zero-order chi connectivity index (χ0) is 20.6. The number of cyclic esters (lactones) is 1. The van der Waals surface area contributed by atoms with Crippen LogP contribution in [0.15, 0.2) is 34.9 Å². The van der Waals surface area contributed by atoms with Crippen molar-refractivity contribution < 1.29 is 29.0 Å². The zero-order valence-corrected chi connectivity index (χ0v) is 17.0. The summed E-state index contributed by atoms with van der Waals surface area (Å²) in [6.07, 6.45) is 2.62. The van der Waals surface area contributed by atoms with Crippen molar-refractivity contribution in [1.29, 1.82) is 0 Å². The van der Waals surface area contributed by atoms with Gasteiger partial charge in [-0.3, -0.25) is 4.79 Å². The molecule has 3 aliphatic rings. The Morgan fingerprint density at radius 3 is 2.61 bits per heavy atom. The van der Waals surface area contributed by atoms with Crippen LogP contribution in [0, 0.1) is 5.92 Å². The molecule has 1 aromatic rings. The Kier molecular flexibility index (Phi) is 5.34. The maximum atomic E-state index is 12.4. The smallest absolute Gasteiger partial charge is 0.417 e. The number of hydrogen-bond acceptors (Lipinski definition) is 7. The van der Waals surface area contributed by atoms with E-state index >= 15 is 0 Å². The van der Waals surface area contributed by atoms with E-state index in [1.165, 1.54) is 0 Å². The van der Waals surface area contributed by atoms with Crippen molar-refractivity contribution >= 4 is 29.3 Å². The maximum absolute atomic E-state index is 12.4. The first kappa shape index (κ1) is 20.1. The van der Waals surface area contributed by atoms with Crippen LogP contribution in [-0.4, -0.2) is 40.2 Å². The number of aliphatic hydroxyl groups excluding tert-OH is 1. The van der Waals surface area contributed by atoms with Crippen molar-refractivity contribution in [3.8, 4) is 0 Å². The van der Waals surface area contributed by atoms with Gasteiger partial charge in [0.05, 0.1) is 17.9 Å². The van der Waals surface area contributed by atoms with Gasteiger partial charge in [0.25, 0.3) is 5.91 Å². The first-order valence-electron chi connectivity index (χ1n) is 8.95. The van der Waals surface area contributed by atoms with Crippen molar-refractivity contribution in [1.82, 2.24) is 4.90 Å². The van der Waals surface area contributed by atoms with Crippen LogP contribution in [0.5, 0.6) is 0 Å². The lowest BCUT2D eigenvalue weighted by molar-refractivity contribution is -0.135. The van der Waals surface area contributed by atoms with Crippen LogP contribution in [-0.2, 0) is 25.5 Å². The number of carbonyl (C=O) groups excluding carboxylic acids is 3. The molecule has 1 fully saturated rings. The molecule has 2 aliphatic heterocycles. The molecular weight excluding hydrogens is 382 g/mol. The Bertz CT molecular complexity index is 876. The third-order valence-electron chi connectivity index (χ3n) is 4.68. The highest BCUT2D eigenvalue weighted by Crippen LogP contribution is 2.51. The number of thiophene rings is 1. The number of aliphatic hydroxyl groups is 1. The molecule has 2 amide bonds. The van der Waals surface area contributed by atoms with Gasteiger partial charge in [0, 0.05) is 16.4 Å². The largest absolute Gasteiger partial charge is 0.515 e. The van der Waals surface area contributed by atoms with E-state index in [9.17, 15) is 19.5 Å². The second-order valence-corrected chi connectivity index (χ2v) is 8.78. The molecule has 3 heterocycles. The van der Waals surface area contributed by atoms with Crippen LogP contribution in [0.3, 0.4) is 0 Å². The highest BCUT2D eigenvalue weighted by molar-refractivity contribution is 7.10. The van der Waals surface area contributed by atoms with E-state index in [4.69, 9.17) is 4.74 Å². The first-order chi connectivity index (χ1) is 13.1. The highest BCUT2D eigenvalue weighted by Gasteiger charge is 2.53. The van der Waals surface area contributed by atoms with Gasteiger partial charge in [0.1, 0.15) is 12.2 Å². The lowest BCUT2D eigenvalue weighted by Crippen LogP contribution is -2.39. The average molecular weight is 405 g/mol. The molecule has 0 aromatic carbocycles. The Balaban J connectivity index is 0.000000271. The van der Waals surface area contributed by atoms with Crippen LogP contribution in [0.25, 0.3) is 0 Å². The summed E-state index contributed by atoms with van der Waals surface area (Å²) >= 11 is 1.61. The molecule has 0 radical (unpaired) electrons. The molecule has 2 unspecified atom stereocenters. The van der Waals surface area contributed by atoms with Gasteiger partial charge in [-0.2, -0.15) is 0 Å². The number of hydrogen-bond donors (Lipinski definition) is 1. The van der Waals surface area contributed by atoms with Crippen LogP contribution in [0.2, 0.25) is 0 Å². The molecule has 150 valence electrons. The van der Waals surface area contributed by atoms with Crippen molar-refractivity contribution in [2.75, 3.05) is 6.61 Å². The quantitative estimate of drug-likeness (QED) is 0.402. The summed E-state index contributed by atoms with van der Waals surface area (Å²) in [6, 6.07) is 1.59. The molecule has 2 atom stereocenters. The second kappa shape index (κ2) is 7.43. The predicted molar refractivity (Wildman–Crippen MR) is 103 cm³/mol. The lowest BCUT2D eigenvalue weighted by Gasteiger charge is -2.26. The second-order valence-electron chi connectivity index (χ2n) is 7.78. The Morgan fingerprint density at radius 2 is 2.11 bits per heavy atom. The number of esters is 1. The minimum Gasteiger partial charge on any atom is -0.515 e. The fraction of sp³-hybridized carbons (Fsp3) is 0.450. The number of rotatable bonds is 0. The molecule has 28 heavy (non-hydrogen) atoms. The summed E-state index contributed by atoms with van der Waals surface area (Å²) in [7, 11) is 0. The van der Waals surface area contributed by atoms with Gasteiger partial charge in [-0.25, -0.2) is 14.5 Å². The van der Waals surface area contributed by atoms with Crippen LogP contribution in [0.1, 0.15) is 44.2 Å². The average Bonchev–Trinajstić information content (AvgIpc) is 3.30. The zero-order valence-electron chi connectivity index (χ0n) is 16.2. The summed E-state index contributed by atoms with van der Waals surface area (Å²) < 4.78 is 9.88. The molecule has 0 spiro atoms. The van der Waals surface area contributed by atoms with Crippen molar-refractivity contribution in [2.45, 2.75) is 45.8 Å². The van der Waals surface area contributed by atoms with Crippen molar-refractivity contribution in [2.24, 2.45) is 5.92 Å². The topological polar surface area (TPSA) is 93.1 Å². The van der Waals surface area contributed by atoms with Crippen molar-refractivity contribution in [3.63, 3.8) is 0 Å². The third-order valence-corrected chi connectivity index (χ3v) is 5.64. The summed E-state index contributed by atoms with van der Waals surface area (Å²) in [4.78, 5) is 37.4. The number of likely N-dealkylation sites (tertiary alicyclic amines) is 1. The van der Waals surface area contributed by atoms with E-state index in [-0.39, 0.29) is 23.5 Å². The molecule has 1 N–H and O–H groups in total. The standard InChI is InChI=1S/C15H17NO4S.C5H6O2/c1-15(2,3)20-14(19)16-12-8-4-5-21-11(8)6-9(12)10(7-17)13(16)18;1-4-2-3-7-5(4)6/h4-5,7,9,12,17H,6H2,1-3H3;2H,3H2,1H3/b10-7+;. The monoisotopic (exact) mass is 405 g/mol. The van der Waals surface area contributed by atoms with Gasteiger partial charge in [0.15, 0.2) is 0 Å². The summed E-state index contributed by atoms with van der Waals surface area (Å²) in [6.45, 7) is 7.49. The van der Waals surface area contributed by atoms with Crippen molar-refractivity contribution in [3.05, 3.63) is 45.4 Å². The fourth-order valence-corrected chi connectivity index (χ4v) is 4.41. The Hall–Kier alpha value is -2.61. The molecule has 8 heteroatoms. The minimum absolute atomic E-state index is 0.169. The Labute approximate surface area is 167 Å². The van der Waals surface area contributed by atoms with E-state index in [1.807, 2.05) is 11.4 Å². The summed E-state index contributed by atoms with van der Waals surface area (Å²) in [5.74, 6) is -0.809. The van der Waals surface area contributed by atoms with Gasteiger partial charge >= 0.3 is 12.1 Å². The molecule has 0 bridgehead atoms. The van der Waals surface area contributed by atoms with Gasteiger partial charge in [-0.05, 0) is 57.2 Å². The molecule has 1 saturated heterocycles. The molecular formula is C20H23NO6S. The van der Waals surface area contributed by atoms with E-state index < -0.39 is 17.6 Å². The number of carbonyl (C=O) groups is 3. The van der Waals surface area contributed by atoms with Crippen LogP contribution < -0.4 is 0 Å². The number of amides is 2. The molecule has 1 aromatic heterocycles. The number of imide groups is 1. The molecule has 0 saturated carbocycles. The minimum atomic E-state index is -0.672. The van der Waals surface area contributed by atoms with Gasteiger partial charge in [-0.15, -0.1) is 11.3 Å². The van der Waals surface area contributed by atoms with Crippen LogP contribution in [0.4, 0.5) is 4.79 Å². The van der Waals surface area contributed by atoms with E-state index in [1.54, 1.807) is 45.1 Å². The number of ether oxygens (including phenoxy) is 2. The van der Waals surface area contributed by atoms with Gasteiger partial charge < -0.3 is 14.6 Å². The fourth-order valence-electron chi connectivity index (χ4n) is 3.43. The van der Waals surface area contributed by atoms with Crippen LogP contribution >= 0.6 is 11.3 Å². The third kappa shape index (κ3) is 3.69. The Morgan fingerprint density at radius 1 is 1.39 bits per heavy atom. The van der Waals surface area contributed by atoms with Gasteiger partial charge in [0.2, 0.25) is 0 Å². The first-order valence-corrected chi connectivity index (χ1v) is 9.83. The predicted octanol–water partition coefficient (Wildman–Crippen LogP) is 3.67. The SMILES string of the molecule is CC(C)(C)OC(=O)N1C(=O)/C(=C/O)C2Cc3sccc3C21.CC1=CCOC1=O. The highest BCUT2D eigenvalue weighted by atomic mass is 32.1. The number of fused-ring (bicyclic) bond motifs is 3. The molecule has 1 aliphatic carbocycles. The molecule has 4 rings (SSSR count). The summed E-state index contributed by atoms with van der Waals surface area (Å²) in [5, 5.41) is 11.3. The lowest BCUT2D eigenvalue weighted by atomic mass is 9.97. The van der Waals surface area contributed by atoms with Gasteiger partial charge in [-0.1, -0.05) is 0 Å². The van der Waals surface area contributed by atoms with E-state index in [2.05, 4.69) is 4.74 Å². The number of nitrogens with zero attached hydrogens (tertiary/aromatic N) is 1. The maximum Gasteiger partial charge on any atom is 0.417 e.